The van der Waals surface area contributed by atoms with Crippen LogP contribution < -0.4 is 10.1 Å². The van der Waals surface area contributed by atoms with E-state index in [0.29, 0.717) is 29.7 Å². The van der Waals surface area contributed by atoms with Gasteiger partial charge in [0.1, 0.15) is 22.8 Å². The highest BCUT2D eigenvalue weighted by atomic mass is 16.6. The molecule has 0 aromatic heterocycles. The first kappa shape index (κ1) is 41.6. The van der Waals surface area contributed by atoms with Crippen LogP contribution in [0.4, 0.5) is 0 Å². The molecule has 1 spiro atoms. The monoisotopic (exact) mass is 770 g/mol. The van der Waals surface area contributed by atoms with Gasteiger partial charge in [-0.3, -0.25) is 9.59 Å². The van der Waals surface area contributed by atoms with E-state index in [4.69, 9.17) is 14.2 Å². The summed E-state index contributed by atoms with van der Waals surface area (Å²) >= 11 is 0. The van der Waals surface area contributed by atoms with Crippen molar-refractivity contribution in [2.24, 2.45) is 11.8 Å². The third kappa shape index (κ3) is 7.57. The molecule has 56 heavy (non-hydrogen) atoms. The van der Waals surface area contributed by atoms with E-state index in [0.717, 1.165) is 69.6 Å². The lowest BCUT2D eigenvalue weighted by atomic mass is 9.51. The summed E-state index contributed by atoms with van der Waals surface area (Å²) in [6.07, 6.45) is 13.8. The third-order valence-corrected chi connectivity index (χ3v) is 12.5. The number of allylic oxidation sites excluding steroid dienone is 7. The molecule has 10 nitrogen and oxygen atoms in total. The lowest BCUT2D eigenvalue weighted by Crippen LogP contribution is -2.72. The maximum atomic E-state index is 15.0. The second-order valence-corrected chi connectivity index (χ2v) is 17.5. The SMILES string of the molecule is CC(C)=CCC/C(C)=C/Cc1c(O)c(CC=C(C)C)c2c(c1O)C(=O)C1=CC3CC4C(C)(C)OC(C/C=C(/C)C(=O)OCCCCN5CCNCC5)(C3=O)C14O2. The second kappa shape index (κ2) is 16.5. The molecule has 3 N–H and O–H groups in total. The van der Waals surface area contributed by atoms with Gasteiger partial charge in [0.2, 0.25) is 0 Å². The maximum absolute atomic E-state index is 15.0. The van der Waals surface area contributed by atoms with Gasteiger partial charge in [-0.2, -0.15) is 0 Å². The van der Waals surface area contributed by atoms with Crippen molar-refractivity contribution in [1.82, 2.24) is 10.2 Å². The number of Topliss-reactive ketones (excluding diaryl/α,β-unsaturated/α-hetero) is 2. The van der Waals surface area contributed by atoms with Crippen molar-refractivity contribution < 1.29 is 38.8 Å². The number of phenols is 2. The predicted octanol–water partition coefficient (Wildman–Crippen LogP) is 7.41. The summed E-state index contributed by atoms with van der Waals surface area (Å²) in [5.74, 6) is -2.45. The molecule has 7 rings (SSSR count). The van der Waals surface area contributed by atoms with Crippen LogP contribution in [0.3, 0.4) is 0 Å². The minimum atomic E-state index is -1.63. The van der Waals surface area contributed by atoms with Gasteiger partial charge in [-0.05, 0) is 107 Å². The summed E-state index contributed by atoms with van der Waals surface area (Å²) in [6, 6.07) is 0. The summed E-state index contributed by atoms with van der Waals surface area (Å²) in [4.78, 5) is 45.2. The van der Waals surface area contributed by atoms with Gasteiger partial charge in [0, 0.05) is 66.7 Å². The molecule has 3 aliphatic heterocycles. The fourth-order valence-electron chi connectivity index (χ4n) is 9.45. The average molecular weight is 771 g/mol. The number of unbranched alkanes of at least 4 members (excludes halogenated alkanes) is 1. The van der Waals surface area contributed by atoms with E-state index in [2.05, 4.69) is 30.1 Å². The first-order chi connectivity index (χ1) is 26.5. The largest absolute Gasteiger partial charge is 0.507 e. The number of carbonyl (C=O) groups excluding carboxylic acids is 3. The number of nitrogens with zero attached hydrogens (tertiary/aromatic N) is 1. The molecule has 4 bridgehead atoms. The van der Waals surface area contributed by atoms with Gasteiger partial charge in [0.05, 0.1) is 12.2 Å². The highest BCUT2D eigenvalue weighted by Crippen LogP contribution is 2.68. The van der Waals surface area contributed by atoms with Crippen LogP contribution >= 0.6 is 0 Å². The van der Waals surface area contributed by atoms with Crippen LogP contribution in [0.1, 0.15) is 115 Å². The van der Waals surface area contributed by atoms with Gasteiger partial charge in [0.15, 0.2) is 22.8 Å². The highest BCUT2D eigenvalue weighted by molar-refractivity contribution is 6.18. The molecular formula is C46H62N2O8. The van der Waals surface area contributed by atoms with Gasteiger partial charge in [0.25, 0.3) is 0 Å². The number of esters is 1. The van der Waals surface area contributed by atoms with Crippen LogP contribution in [0.25, 0.3) is 0 Å². The summed E-state index contributed by atoms with van der Waals surface area (Å²) < 4.78 is 19.6. The number of piperazine rings is 1. The summed E-state index contributed by atoms with van der Waals surface area (Å²) in [5, 5.41) is 27.2. The average Bonchev–Trinajstić information content (AvgIpc) is 3.30. The zero-order valence-electron chi connectivity index (χ0n) is 34.7. The van der Waals surface area contributed by atoms with E-state index < -0.39 is 40.4 Å². The molecule has 3 fully saturated rings. The lowest BCUT2D eigenvalue weighted by molar-refractivity contribution is -0.171. The van der Waals surface area contributed by atoms with Crippen LogP contribution in [-0.4, -0.2) is 88.8 Å². The molecule has 304 valence electrons. The van der Waals surface area contributed by atoms with Crippen molar-refractivity contribution in [2.45, 2.75) is 124 Å². The molecule has 10 heteroatoms. The summed E-state index contributed by atoms with van der Waals surface area (Å²) in [5.41, 5.74) is 0.590. The first-order valence-electron chi connectivity index (χ1n) is 20.5. The Balaban J connectivity index is 1.33. The Labute approximate surface area is 332 Å². The number of nitrogens with one attached hydrogen (secondary N) is 1. The zero-order valence-corrected chi connectivity index (χ0v) is 34.7. The predicted molar refractivity (Wildman–Crippen MR) is 217 cm³/mol. The van der Waals surface area contributed by atoms with Gasteiger partial charge < -0.3 is 34.6 Å². The third-order valence-electron chi connectivity index (χ3n) is 12.5. The van der Waals surface area contributed by atoms with Crippen molar-refractivity contribution >= 4 is 17.5 Å². The van der Waals surface area contributed by atoms with Crippen molar-refractivity contribution in [3.05, 3.63) is 74.9 Å². The lowest BCUT2D eigenvalue weighted by Gasteiger charge is -2.56. The molecule has 3 heterocycles. The Morgan fingerprint density at radius 3 is 2.34 bits per heavy atom. The molecule has 1 aromatic rings. The Morgan fingerprint density at radius 2 is 1.64 bits per heavy atom. The molecule has 1 saturated carbocycles. The number of ether oxygens (including phenoxy) is 3. The van der Waals surface area contributed by atoms with Crippen LogP contribution in [0.5, 0.6) is 17.2 Å². The van der Waals surface area contributed by atoms with Crippen LogP contribution in [0.2, 0.25) is 0 Å². The normalized spacial score (nSPS) is 26.6. The topological polar surface area (TPSA) is 135 Å². The minimum Gasteiger partial charge on any atom is -0.507 e. The van der Waals surface area contributed by atoms with E-state index in [1.54, 1.807) is 19.1 Å². The fourth-order valence-corrected chi connectivity index (χ4v) is 9.45. The van der Waals surface area contributed by atoms with Gasteiger partial charge >= 0.3 is 5.97 Å². The van der Waals surface area contributed by atoms with Gasteiger partial charge in [-0.25, -0.2) is 4.79 Å². The van der Waals surface area contributed by atoms with Crippen molar-refractivity contribution in [3.63, 3.8) is 0 Å². The summed E-state index contributed by atoms with van der Waals surface area (Å²) in [7, 11) is 0. The molecule has 3 aliphatic carbocycles. The van der Waals surface area contributed by atoms with Gasteiger partial charge in [-0.1, -0.05) is 47.1 Å². The number of rotatable bonds is 15. The Kier molecular flexibility index (Phi) is 12.2. The number of hydrogen-bond acceptors (Lipinski definition) is 10. The van der Waals surface area contributed by atoms with Crippen LogP contribution in [0, 0.1) is 11.8 Å². The number of ketones is 2. The number of aromatic hydroxyl groups is 2. The van der Waals surface area contributed by atoms with E-state index >= 15 is 0 Å². The fraction of sp³-hybridized carbons (Fsp3) is 0.587. The number of hydrogen-bond donors (Lipinski definition) is 3. The zero-order chi connectivity index (χ0) is 40.6. The Bertz CT molecular complexity index is 1900. The number of carbonyl (C=O) groups is 3. The molecule has 1 aromatic carbocycles. The van der Waals surface area contributed by atoms with Crippen LogP contribution in [0.15, 0.2) is 58.2 Å². The van der Waals surface area contributed by atoms with E-state index in [1.165, 1.54) is 5.57 Å². The maximum Gasteiger partial charge on any atom is 0.333 e. The van der Waals surface area contributed by atoms with Crippen molar-refractivity contribution in [3.8, 4) is 17.2 Å². The number of phenolic OH excluding ortho intramolecular Hbond substituents is 2. The van der Waals surface area contributed by atoms with Crippen LogP contribution in [-0.2, 0) is 31.9 Å². The first-order valence-corrected chi connectivity index (χ1v) is 20.5. The standard InChI is InChI=1S/C46H62N2O8/c1-28(2)12-11-13-30(5)15-17-33-38(49)34(16-14-29(3)4)41-37(39(33)50)40(51)35-26-32-27-36-44(7,8)56-45(42(32)52,46(35,36)55-41)19-18-31(6)43(53)54-25-10-9-22-48-23-20-47-21-24-48/h12,14-15,18,26,32,36,47,49-50H,9-11,13,16-17,19-25,27H2,1-8H3/b30-15+,31-18-. The highest BCUT2D eigenvalue weighted by Gasteiger charge is 2.81. The Morgan fingerprint density at radius 1 is 0.946 bits per heavy atom. The number of benzene rings is 1. The van der Waals surface area contributed by atoms with Crippen molar-refractivity contribution in [2.75, 3.05) is 39.3 Å². The second-order valence-electron chi connectivity index (χ2n) is 17.5. The molecule has 6 aliphatic rings. The molecule has 4 unspecified atom stereocenters. The quantitative estimate of drug-likeness (QED) is 0.0717. The molecule has 0 amide bonds. The smallest absolute Gasteiger partial charge is 0.333 e. The number of fused-ring (bicyclic) bond motifs is 1. The molecule has 2 saturated heterocycles. The van der Waals surface area contributed by atoms with Gasteiger partial charge in [-0.15, -0.1) is 0 Å². The summed E-state index contributed by atoms with van der Waals surface area (Å²) in [6.45, 7) is 20.9. The molecular weight excluding hydrogens is 709 g/mol. The Hall–Kier alpha value is -3.99. The van der Waals surface area contributed by atoms with E-state index in [1.807, 2.05) is 46.8 Å². The van der Waals surface area contributed by atoms with E-state index in [-0.39, 0.29) is 53.4 Å². The minimum absolute atomic E-state index is 0.00188. The van der Waals surface area contributed by atoms with E-state index in [9.17, 15) is 24.6 Å². The molecule has 4 atom stereocenters. The van der Waals surface area contributed by atoms with Crippen molar-refractivity contribution in [1.29, 1.82) is 0 Å². The molecule has 0 radical (unpaired) electrons.